The highest BCUT2D eigenvalue weighted by atomic mass is 35.5. The Labute approximate surface area is 184 Å². The second kappa shape index (κ2) is 11.4. The van der Waals surface area contributed by atoms with Crippen LogP contribution in [0.4, 0.5) is 11.4 Å². The summed E-state index contributed by atoms with van der Waals surface area (Å²) in [5, 5.41) is 14.7. The Balaban J connectivity index is 0.00000150. The molecule has 2 N–H and O–H groups in total. The summed E-state index contributed by atoms with van der Waals surface area (Å²) < 4.78 is 1.84. The Morgan fingerprint density at radius 1 is 1.03 bits per heavy atom. The Bertz CT molecular complexity index is 770. The Morgan fingerprint density at radius 3 is 2.45 bits per heavy atom. The van der Waals surface area contributed by atoms with Gasteiger partial charge in [0.15, 0.2) is 5.69 Å². The zero-order valence-electron chi connectivity index (χ0n) is 16.5. The molecule has 1 aromatic carbocycles. The maximum Gasteiger partial charge on any atom is 0.277 e. The van der Waals surface area contributed by atoms with E-state index in [0.29, 0.717) is 11.7 Å². The normalized spacial score (nSPS) is 17.6. The fourth-order valence-electron chi connectivity index (χ4n) is 3.98. The predicted molar refractivity (Wildman–Crippen MR) is 121 cm³/mol. The van der Waals surface area contributed by atoms with Gasteiger partial charge in [-0.25, -0.2) is 4.68 Å². The molecule has 9 heteroatoms. The highest BCUT2D eigenvalue weighted by Gasteiger charge is 2.20. The first kappa shape index (κ1) is 23.4. The number of halogens is 2. The van der Waals surface area contributed by atoms with Gasteiger partial charge in [-0.1, -0.05) is 30.2 Å². The smallest absolute Gasteiger partial charge is 0.277 e. The molecule has 29 heavy (non-hydrogen) atoms. The first-order valence-corrected chi connectivity index (χ1v) is 10.1. The average molecular weight is 441 g/mol. The van der Waals surface area contributed by atoms with E-state index in [4.69, 9.17) is 0 Å². The van der Waals surface area contributed by atoms with Crippen molar-refractivity contribution in [3.63, 3.8) is 0 Å². The van der Waals surface area contributed by atoms with E-state index in [1.54, 1.807) is 6.20 Å². The SMILES string of the molecule is Cl.Cl.O=C(Nc1ccccc1N1CCCCCC1)c1cn(C2CCNCC2)nn1. The summed E-state index contributed by atoms with van der Waals surface area (Å²) in [6, 6.07) is 8.37. The molecule has 0 radical (unpaired) electrons. The van der Waals surface area contributed by atoms with Gasteiger partial charge >= 0.3 is 0 Å². The summed E-state index contributed by atoms with van der Waals surface area (Å²) >= 11 is 0. The van der Waals surface area contributed by atoms with Crippen molar-refractivity contribution in [2.24, 2.45) is 0 Å². The number of amides is 1. The molecule has 1 aromatic heterocycles. The maximum atomic E-state index is 12.8. The Morgan fingerprint density at radius 2 is 1.72 bits per heavy atom. The number of hydrogen-bond donors (Lipinski definition) is 2. The van der Waals surface area contributed by atoms with E-state index < -0.39 is 0 Å². The number of piperidine rings is 1. The molecule has 2 aliphatic rings. The molecule has 0 aliphatic carbocycles. The van der Waals surface area contributed by atoms with Crippen molar-refractivity contribution >= 4 is 42.1 Å². The monoisotopic (exact) mass is 440 g/mol. The van der Waals surface area contributed by atoms with Gasteiger partial charge in [-0.15, -0.1) is 29.9 Å². The molecule has 3 heterocycles. The van der Waals surface area contributed by atoms with E-state index in [9.17, 15) is 4.79 Å². The van der Waals surface area contributed by atoms with Crippen LogP contribution in [0, 0.1) is 0 Å². The number of nitrogens with zero attached hydrogens (tertiary/aromatic N) is 4. The number of aromatic nitrogens is 3. The van der Waals surface area contributed by atoms with Gasteiger partial charge in [0.1, 0.15) is 0 Å². The Kier molecular flexibility index (Phi) is 9.20. The van der Waals surface area contributed by atoms with Crippen LogP contribution in [-0.2, 0) is 0 Å². The molecule has 0 bridgehead atoms. The molecule has 0 saturated carbocycles. The third-order valence-electron chi connectivity index (χ3n) is 5.52. The number of carbonyl (C=O) groups is 1. The minimum Gasteiger partial charge on any atom is -0.370 e. The summed E-state index contributed by atoms with van der Waals surface area (Å²) in [6.07, 6.45) is 8.78. The Hall–Kier alpha value is -1.83. The van der Waals surface area contributed by atoms with Crippen LogP contribution in [0.15, 0.2) is 30.5 Å². The van der Waals surface area contributed by atoms with Crippen molar-refractivity contribution in [1.82, 2.24) is 20.3 Å². The van der Waals surface area contributed by atoms with Crippen molar-refractivity contribution in [3.05, 3.63) is 36.2 Å². The van der Waals surface area contributed by atoms with Gasteiger partial charge in [-0.2, -0.15) is 0 Å². The van der Waals surface area contributed by atoms with E-state index in [1.165, 1.54) is 25.7 Å². The number of anilines is 2. The number of rotatable bonds is 4. The molecular formula is C20H30Cl2N6O. The zero-order chi connectivity index (χ0) is 18.5. The molecule has 0 unspecified atom stereocenters. The number of nitrogens with one attached hydrogen (secondary N) is 2. The minimum absolute atomic E-state index is 0. The molecule has 2 aromatic rings. The quantitative estimate of drug-likeness (QED) is 0.757. The lowest BCUT2D eigenvalue weighted by Crippen LogP contribution is -2.29. The second-order valence-corrected chi connectivity index (χ2v) is 7.44. The van der Waals surface area contributed by atoms with Gasteiger partial charge in [0, 0.05) is 13.1 Å². The predicted octanol–water partition coefficient (Wildman–Crippen LogP) is 3.68. The molecule has 2 aliphatic heterocycles. The molecule has 7 nitrogen and oxygen atoms in total. The van der Waals surface area contributed by atoms with E-state index in [1.807, 2.05) is 22.9 Å². The second-order valence-electron chi connectivity index (χ2n) is 7.44. The first-order chi connectivity index (χ1) is 13.3. The lowest BCUT2D eigenvalue weighted by atomic mass is 10.1. The molecule has 2 saturated heterocycles. The van der Waals surface area contributed by atoms with Crippen LogP contribution in [-0.4, -0.2) is 47.1 Å². The summed E-state index contributed by atoms with van der Waals surface area (Å²) in [6.45, 7) is 4.04. The van der Waals surface area contributed by atoms with Crippen LogP contribution in [0.1, 0.15) is 55.1 Å². The maximum absolute atomic E-state index is 12.8. The van der Waals surface area contributed by atoms with Crippen LogP contribution >= 0.6 is 24.8 Å². The molecule has 2 fully saturated rings. The molecule has 1 amide bonds. The summed E-state index contributed by atoms with van der Waals surface area (Å²) in [5.74, 6) is -0.197. The van der Waals surface area contributed by atoms with Crippen molar-refractivity contribution in [2.75, 3.05) is 36.4 Å². The zero-order valence-corrected chi connectivity index (χ0v) is 18.2. The first-order valence-electron chi connectivity index (χ1n) is 10.1. The number of para-hydroxylation sites is 2. The standard InChI is InChI=1S/C20H28N6O.2ClH/c27-20(18-15-26(24-23-18)16-9-11-21-12-10-16)22-17-7-3-4-8-19(17)25-13-5-1-2-6-14-25;;/h3-4,7-8,15-16,21H,1-2,5-6,9-14H2,(H,22,27);2*1H. The fourth-order valence-corrected chi connectivity index (χ4v) is 3.98. The number of benzene rings is 1. The molecule has 0 spiro atoms. The third-order valence-corrected chi connectivity index (χ3v) is 5.52. The third kappa shape index (κ3) is 5.84. The average Bonchev–Trinajstić information content (AvgIpc) is 3.06. The topological polar surface area (TPSA) is 75.1 Å². The number of hydrogen-bond acceptors (Lipinski definition) is 5. The van der Waals surface area contributed by atoms with Gasteiger partial charge in [-0.3, -0.25) is 4.79 Å². The van der Waals surface area contributed by atoms with Gasteiger partial charge in [0.2, 0.25) is 0 Å². The lowest BCUT2D eigenvalue weighted by Gasteiger charge is -2.25. The van der Waals surface area contributed by atoms with E-state index in [-0.39, 0.29) is 30.7 Å². The van der Waals surface area contributed by atoms with Gasteiger partial charge in [-0.05, 0) is 50.9 Å². The van der Waals surface area contributed by atoms with Crippen molar-refractivity contribution in [2.45, 2.75) is 44.6 Å². The molecule has 160 valence electrons. The van der Waals surface area contributed by atoms with Crippen LogP contribution in [0.5, 0.6) is 0 Å². The summed E-state index contributed by atoms with van der Waals surface area (Å²) in [5.41, 5.74) is 2.32. The van der Waals surface area contributed by atoms with Crippen molar-refractivity contribution in [3.8, 4) is 0 Å². The van der Waals surface area contributed by atoms with Crippen LogP contribution in [0.2, 0.25) is 0 Å². The highest BCUT2D eigenvalue weighted by Crippen LogP contribution is 2.28. The molecular weight excluding hydrogens is 411 g/mol. The summed E-state index contributed by atoms with van der Waals surface area (Å²) in [4.78, 5) is 15.1. The van der Waals surface area contributed by atoms with E-state index in [0.717, 1.165) is 50.4 Å². The van der Waals surface area contributed by atoms with Crippen molar-refractivity contribution < 1.29 is 4.79 Å². The largest absolute Gasteiger partial charge is 0.370 e. The van der Waals surface area contributed by atoms with E-state index in [2.05, 4.69) is 31.9 Å². The highest BCUT2D eigenvalue weighted by molar-refractivity contribution is 6.04. The minimum atomic E-state index is -0.197. The summed E-state index contributed by atoms with van der Waals surface area (Å²) in [7, 11) is 0. The lowest BCUT2D eigenvalue weighted by molar-refractivity contribution is 0.102. The molecule has 0 atom stereocenters. The van der Waals surface area contributed by atoms with E-state index >= 15 is 0 Å². The number of carbonyl (C=O) groups excluding carboxylic acids is 1. The van der Waals surface area contributed by atoms with Gasteiger partial charge in [0.05, 0.1) is 23.6 Å². The van der Waals surface area contributed by atoms with Crippen LogP contribution < -0.4 is 15.5 Å². The van der Waals surface area contributed by atoms with Crippen molar-refractivity contribution in [1.29, 1.82) is 0 Å². The fraction of sp³-hybridized carbons (Fsp3) is 0.550. The molecule has 4 rings (SSSR count). The van der Waals surface area contributed by atoms with Crippen LogP contribution in [0.25, 0.3) is 0 Å². The van der Waals surface area contributed by atoms with Gasteiger partial charge < -0.3 is 15.5 Å². The van der Waals surface area contributed by atoms with Crippen LogP contribution in [0.3, 0.4) is 0 Å². The van der Waals surface area contributed by atoms with Gasteiger partial charge in [0.25, 0.3) is 5.91 Å².